The van der Waals surface area contributed by atoms with Crippen LogP contribution in [0.5, 0.6) is 0 Å². The molecule has 3 N–H and O–H groups in total. The largest absolute Gasteiger partial charge is 0.399 e. The Morgan fingerprint density at radius 1 is 1.47 bits per heavy atom. The van der Waals surface area contributed by atoms with Crippen LogP contribution in [0, 0.1) is 6.92 Å². The lowest BCUT2D eigenvalue weighted by molar-refractivity contribution is 0.372. The molecule has 1 heterocycles. The van der Waals surface area contributed by atoms with Gasteiger partial charge in [-0.15, -0.1) is 0 Å². The van der Waals surface area contributed by atoms with Crippen molar-refractivity contribution in [3.63, 3.8) is 0 Å². The number of rotatable bonds is 4. The average molecular weight is 347 g/mol. The van der Waals surface area contributed by atoms with Crippen LogP contribution in [-0.2, 0) is 16.6 Å². The zero-order chi connectivity index (χ0) is 14.0. The minimum atomic E-state index is -3.71. The summed E-state index contributed by atoms with van der Waals surface area (Å²) in [7, 11) is -3.71. The summed E-state index contributed by atoms with van der Waals surface area (Å²) in [5, 5.41) is 3.57. The van der Waals surface area contributed by atoms with Crippen LogP contribution in [0.4, 0.5) is 5.69 Å². The maximum atomic E-state index is 12.1. The Morgan fingerprint density at radius 2 is 2.21 bits per heavy atom. The fourth-order valence-corrected chi connectivity index (χ4v) is 3.34. The monoisotopic (exact) mass is 346 g/mol. The van der Waals surface area contributed by atoms with Crippen LogP contribution in [0.15, 0.2) is 32.1 Å². The lowest BCUT2D eigenvalue weighted by Gasteiger charge is -2.07. The van der Waals surface area contributed by atoms with E-state index in [0.717, 1.165) is 0 Å². The number of nitrogens with two attached hydrogens (primary N) is 1. The summed E-state index contributed by atoms with van der Waals surface area (Å²) in [6, 6.07) is 4.54. The van der Waals surface area contributed by atoms with Crippen LogP contribution >= 0.6 is 15.9 Å². The molecule has 102 valence electrons. The summed E-state index contributed by atoms with van der Waals surface area (Å²) in [6.07, 6.45) is 0. The first kappa shape index (κ1) is 14.0. The predicted octanol–water partition coefficient (Wildman–Crippen LogP) is 1.20. The van der Waals surface area contributed by atoms with E-state index < -0.39 is 10.0 Å². The molecule has 0 fully saturated rings. The third-order valence-corrected chi connectivity index (χ3v) is 4.62. The second-order valence-electron chi connectivity index (χ2n) is 3.75. The molecule has 0 aliphatic carbocycles. The minimum Gasteiger partial charge on any atom is -0.399 e. The van der Waals surface area contributed by atoms with Crippen LogP contribution in [-0.4, -0.2) is 18.6 Å². The first-order valence-corrected chi connectivity index (χ1v) is 7.50. The highest BCUT2D eigenvalue weighted by Gasteiger charge is 2.18. The number of benzene rings is 1. The van der Waals surface area contributed by atoms with Crippen LogP contribution in [0.2, 0.25) is 0 Å². The van der Waals surface area contributed by atoms with Gasteiger partial charge in [0.2, 0.25) is 15.9 Å². The van der Waals surface area contributed by atoms with Gasteiger partial charge in [-0.2, -0.15) is 4.98 Å². The summed E-state index contributed by atoms with van der Waals surface area (Å²) >= 11 is 3.17. The van der Waals surface area contributed by atoms with Crippen molar-refractivity contribution < 1.29 is 12.9 Å². The van der Waals surface area contributed by atoms with E-state index in [1.54, 1.807) is 19.1 Å². The third kappa shape index (κ3) is 3.31. The quantitative estimate of drug-likeness (QED) is 0.804. The van der Waals surface area contributed by atoms with Crippen molar-refractivity contribution >= 4 is 31.6 Å². The van der Waals surface area contributed by atoms with Gasteiger partial charge in [-0.3, -0.25) is 0 Å². The Morgan fingerprint density at radius 3 is 2.84 bits per heavy atom. The molecule has 2 aromatic rings. The van der Waals surface area contributed by atoms with E-state index in [2.05, 4.69) is 30.8 Å². The van der Waals surface area contributed by atoms with Gasteiger partial charge in [0, 0.05) is 10.2 Å². The van der Waals surface area contributed by atoms with Crippen molar-refractivity contribution in [2.24, 2.45) is 0 Å². The van der Waals surface area contributed by atoms with E-state index in [1.807, 2.05) is 0 Å². The topological polar surface area (TPSA) is 111 Å². The molecule has 0 saturated carbocycles. The molecule has 0 atom stereocenters. The van der Waals surface area contributed by atoms with E-state index in [9.17, 15) is 8.42 Å². The number of nitrogen functional groups attached to an aromatic ring is 1. The molecule has 0 unspecified atom stereocenters. The van der Waals surface area contributed by atoms with Gasteiger partial charge < -0.3 is 10.3 Å². The van der Waals surface area contributed by atoms with E-state index in [4.69, 9.17) is 10.3 Å². The van der Waals surface area contributed by atoms with Crippen LogP contribution < -0.4 is 10.5 Å². The maximum Gasteiger partial charge on any atom is 0.242 e. The molecular weight excluding hydrogens is 336 g/mol. The van der Waals surface area contributed by atoms with Crippen molar-refractivity contribution in [3.8, 4) is 0 Å². The van der Waals surface area contributed by atoms with Gasteiger partial charge in [0.15, 0.2) is 5.82 Å². The molecule has 0 bridgehead atoms. The first-order valence-electron chi connectivity index (χ1n) is 5.22. The number of aromatic nitrogens is 2. The molecule has 2 rings (SSSR count). The third-order valence-electron chi connectivity index (χ3n) is 2.23. The smallest absolute Gasteiger partial charge is 0.242 e. The zero-order valence-corrected chi connectivity index (χ0v) is 12.3. The van der Waals surface area contributed by atoms with Crippen LogP contribution in [0.3, 0.4) is 0 Å². The van der Waals surface area contributed by atoms with Gasteiger partial charge in [-0.1, -0.05) is 5.16 Å². The summed E-state index contributed by atoms with van der Waals surface area (Å²) < 4.78 is 31.8. The summed E-state index contributed by atoms with van der Waals surface area (Å²) in [5.74, 6) is 0.639. The minimum absolute atomic E-state index is 0.0590. The number of nitrogens with one attached hydrogen (secondary N) is 1. The van der Waals surface area contributed by atoms with Gasteiger partial charge >= 0.3 is 0 Å². The maximum absolute atomic E-state index is 12.1. The number of halogens is 1. The average Bonchev–Trinajstić information content (AvgIpc) is 2.76. The van der Waals surface area contributed by atoms with Gasteiger partial charge in [0.05, 0.1) is 11.4 Å². The molecule has 0 amide bonds. The Kier molecular flexibility index (Phi) is 3.88. The molecule has 1 aromatic carbocycles. The Hall–Kier alpha value is -1.45. The number of hydrogen-bond acceptors (Lipinski definition) is 6. The van der Waals surface area contributed by atoms with Gasteiger partial charge in [-0.05, 0) is 41.1 Å². The number of nitrogens with zero attached hydrogens (tertiary/aromatic N) is 2. The molecule has 7 nitrogen and oxygen atoms in total. The van der Waals surface area contributed by atoms with Gasteiger partial charge in [-0.25, -0.2) is 13.1 Å². The highest BCUT2D eigenvalue weighted by molar-refractivity contribution is 9.10. The van der Waals surface area contributed by atoms with Crippen molar-refractivity contribution in [2.45, 2.75) is 18.4 Å². The second-order valence-corrected chi connectivity index (χ2v) is 6.34. The summed E-state index contributed by atoms with van der Waals surface area (Å²) in [4.78, 5) is 3.97. The standard InChI is InChI=1S/C10H11BrN4O3S/c1-6-14-10(18-15-6)5-13-19(16,17)9-4-7(12)2-3-8(9)11/h2-4,13H,5,12H2,1H3. The van der Waals surface area contributed by atoms with E-state index in [0.29, 0.717) is 16.0 Å². The van der Waals surface area contributed by atoms with Crippen LogP contribution in [0.1, 0.15) is 11.7 Å². The van der Waals surface area contributed by atoms with E-state index in [-0.39, 0.29) is 17.3 Å². The van der Waals surface area contributed by atoms with E-state index >= 15 is 0 Å². The Bertz CT molecular complexity index is 699. The highest BCUT2D eigenvalue weighted by Crippen LogP contribution is 2.24. The molecule has 0 saturated heterocycles. The predicted molar refractivity (Wildman–Crippen MR) is 71.6 cm³/mol. The van der Waals surface area contributed by atoms with Crippen molar-refractivity contribution in [1.29, 1.82) is 0 Å². The molecule has 0 aliphatic rings. The molecule has 0 aliphatic heterocycles. The fraction of sp³-hybridized carbons (Fsp3) is 0.200. The Labute approximate surface area is 118 Å². The normalized spacial score (nSPS) is 11.7. The molecule has 9 heteroatoms. The van der Waals surface area contributed by atoms with Gasteiger partial charge in [0.25, 0.3) is 0 Å². The molecule has 0 spiro atoms. The fourth-order valence-electron chi connectivity index (χ4n) is 1.37. The number of aryl methyl sites for hydroxylation is 1. The summed E-state index contributed by atoms with van der Waals surface area (Å²) in [6.45, 7) is 1.57. The SMILES string of the molecule is Cc1noc(CNS(=O)(=O)c2cc(N)ccc2Br)n1. The lowest BCUT2D eigenvalue weighted by Crippen LogP contribution is -2.24. The first-order chi connectivity index (χ1) is 8.88. The lowest BCUT2D eigenvalue weighted by atomic mass is 10.3. The van der Waals surface area contributed by atoms with Crippen molar-refractivity contribution in [2.75, 3.05) is 5.73 Å². The van der Waals surface area contributed by atoms with Gasteiger partial charge in [0.1, 0.15) is 0 Å². The van der Waals surface area contributed by atoms with Crippen molar-refractivity contribution in [1.82, 2.24) is 14.9 Å². The highest BCUT2D eigenvalue weighted by atomic mass is 79.9. The number of anilines is 1. The Balaban J connectivity index is 2.20. The second kappa shape index (κ2) is 5.27. The number of hydrogen-bond donors (Lipinski definition) is 2. The van der Waals surface area contributed by atoms with Crippen molar-refractivity contribution in [3.05, 3.63) is 34.4 Å². The molecule has 19 heavy (non-hydrogen) atoms. The number of sulfonamides is 1. The molecule has 1 aromatic heterocycles. The van der Waals surface area contributed by atoms with Crippen LogP contribution in [0.25, 0.3) is 0 Å². The van der Waals surface area contributed by atoms with E-state index in [1.165, 1.54) is 6.07 Å². The summed E-state index contributed by atoms with van der Waals surface area (Å²) in [5.41, 5.74) is 5.94. The molecule has 0 radical (unpaired) electrons. The molecular formula is C10H11BrN4O3S. The zero-order valence-electron chi connectivity index (χ0n) is 9.92.